The lowest BCUT2D eigenvalue weighted by Gasteiger charge is -2.14. The predicted molar refractivity (Wildman–Crippen MR) is 125 cm³/mol. The van der Waals surface area contributed by atoms with E-state index >= 15 is 0 Å². The van der Waals surface area contributed by atoms with Crippen LogP contribution in [0.2, 0.25) is 0 Å². The standard InChI is InChI=1S/C27H54/c1-3-5-7-9-11-13-15-17-19-21-23-27(25-26-27)24-22-20-18-16-14-12-10-8-6-4-2/h3-26H2,1-2H3. The van der Waals surface area contributed by atoms with Crippen LogP contribution in [0.5, 0.6) is 0 Å². The summed E-state index contributed by atoms with van der Waals surface area (Å²) < 4.78 is 0. The van der Waals surface area contributed by atoms with E-state index in [2.05, 4.69) is 13.8 Å². The van der Waals surface area contributed by atoms with Crippen molar-refractivity contribution >= 4 is 0 Å². The van der Waals surface area contributed by atoms with Gasteiger partial charge in [-0.3, -0.25) is 0 Å². The smallest absolute Gasteiger partial charge is 0.0297 e. The summed E-state index contributed by atoms with van der Waals surface area (Å²) >= 11 is 0. The SMILES string of the molecule is CCCCCCCCCCCCC1(CCCCCCCCCCCC)CC1. The maximum atomic E-state index is 2.31. The van der Waals surface area contributed by atoms with Gasteiger partial charge in [0.15, 0.2) is 0 Å². The average molecular weight is 379 g/mol. The lowest BCUT2D eigenvalue weighted by Crippen LogP contribution is -2.00. The van der Waals surface area contributed by atoms with Gasteiger partial charge in [0.25, 0.3) is 0 Å². The Hall–Kier alpha value is 0. The monoisotopic (exact) mass is 378 g/mol. The molecule has 0 amide bonds. The highest BCUT2D eigenvalue weighted by atomic mass is 14.5. The Balaban J connectivity index is 1.79. The maximum Gasteiger partial charge on any atom is -0.0297 e. The van der Waals surface area contributed by atoms with Crippen molar-refractivity contribution in [2.45, 2.75) is 168 Å². The zero-order valence-electron chi connectivity index (χ0n) is 19.5. The second-order valence-corrected chi connectivity index (χ2v) is 9.86. The van der Waals surface area contributed by atoms with Gasteiger partial charge >= 0.3 is 0 Å². The van der Waals surface area contributed by atoms with Gasteiger partial charge in [0.2, 0.25) is 0 Å². The summed E-state index contributed by atoms with van der Waals surface area (Å²) in [5.41, 5.74) is 0.834. The first-order valence-electron chi connectivity index (χ1n) is 13.3. The molecular formula is C27H54. The Bertz CT molecular complexity index is 262. The van der Waals surface area contributed by atoms with Crippen LogP contribution < -0.4 is 0 Å². The fourth-order valence-corrected chi connectivity index (χ4v) is 4.78. The second-order valence-electron chi connectivity index (χ2n) is 9.86. The van der Waals surface area contributed by atoms with E-state index in [4.69, 9.17) is 0 Å². The minimum Gasteiger partial charge on any atom is -0.0654 e. The molecule has 0 atom stereocenters. The highest BCUT2D eigenvalue weighted by Crippen LogP contribution is 2.53. The van der Waals surface area contributed by atoms with Gasteiger partial charge in [-0.15, -0.1) is 0 Å². The molecule has 0 heterocycles. The van der Waals surface area contributed by atoms with Crippen molar-refractivity contribution in [3.63, 3.8) is 0 Å². The quantitative estimate of drug-likeness (QED) is 0.164. The molecule has 1 aliphatic carbocycles. The Morgan fingerprint density at radius 3 is 0.889 bits per heavy atom. The van der Waals surface area contributed by atoms with Gasteiger partial charge in [-0.25, -0.2) is 0 Å². The minimum atomic E-state index is 0.834. The third-order valence-corrected chi connectivity index (χ3v) is 7.08. The molecule has 0 saturated heterocycles. The van der Waals surface area contributed by atoms with Crippen molar-refractivity contribution < 1.29 is 0 Å². The number of hydrogen-bond acceptors (Lipinski definition) is 0. The van der Waals surface area contributed by atoms with Crippen LogP contribution in [0.3, 0.4) is 0 Å². The Labute approximate surface area is 173 Å². The van der Waals surface area contributed by atoms with Gasteiger partial charge in [-0.1, -0.05) is 142 Å². The molecule has 0 nitrogen and oxygen atoms in total. The lowest BCUT2D eigenvalue weighted by molar-refractivity contribution is 0.382. The van der Waals surface area contributed by atoms with Crippen molar-refractivity contribution in [2.24, 2.45) is 5.41 Å². The summed E-state index contributed by atoms with van der Waals surface area (Å²) in [6.45, 7) is 4.62. The van der Waals surface area contributed by atoms with Crippen molar-refractivity contribution in [2.75, 3.05) is 0 Å². The molecule has 27 heavy (non-hydrogen) atoms. The second kappa shape index (κ2) is 18.1. The van der Waals surface area contributed by atoms with Crippen LogP contribution >= 0.6 is 0 Å². The lowest BCUT2D eigenvalue weighted by atomic mass is 9.91. The zero-order valence-corrected chi connectivity index (χ0v) is 19.5. The van der Waals surface area contributed by atoms with E-state index in [1.165, 1.54) is 128 Å². The van der Waals surface area contributed by atoms with Gasteiger partial charge in [-0.05, 0) is 31.1 Å². The molecule has 0 aromatic rings. The maximum absolute atomic E-state index is 2.31. The van der Waals surface area contributed by atoms with Gasteiger partial charge in [0.1, 0.15) is 0 Å². The molecule has 1 saturated carbocycles. The summed E-state index contributed by atoms with van der Waals surface area (Å²) in [7, 11) is 0. The van der Waals surface area contributed by atoms with E-state index in [9.17, 15) is 0 Å². The van der Waals surface area contributed by atoms with E-state index in [-0.39, 0.29) is 0 Å². The molecule has 1 rings (SSSR count). The first-order valence-corrected chi connectivity index (χ1v) is 13.3. The fourth-order valence-electron chi connectivity index (χ4n) is 4.78. The first-order chi connectivity index (χ1) is 13.3. The van der Waals surface area contributed by atoms with Crippen LogP contribution in [0.1, 0.15) is 168 Å². The van der Waals surface area contributed by atoms with Crippen LogP contribution in [-0.2, 0) is 0 Å². The summed E-state index contributed by atoms with van der Waals surface area (Å²) in [5, 5.41) is 0. The van der Waals surface area contributed by atoms with E-state index in [0.29, 0.717) is 0 Å². The molecule has 1 aliphatic rings. The van der Waals surface area contributed by atoms with Gasteiger partial charge in [0, 0.05) is 0 Å². The Kier molecular flexibility index (Phi) is 16.7. The highest BCUT2D eigenvalue weighted by Gasteiger charge is 2.40. The predicted octanol–water partition coefficient (Wildman–Crippen LogP) is 10.4. The molecule has 0 aliphatic heterocycles. The molecule has 162 valence electrons. The third kappa shape index (κ3) is 15.6. The molecule has 1 fully saturated rings. The van der Waals surface area contributed by atoms with E-state index in [1.54, 1.807) is 25.7 Å². The first kappa shape index (κ1) is 25.0. The zero-order chi connectivity index (χ0) is 19.5. The summed E-state index contributed by atoms with van der Waals surface area (Å²) in [6.07, 6.45) is 35.8. The Morgan fingerprint density at radius 1 is 0.370 bits per heavy atom. The van der Waals surface area contributed by atoms with Crippen molar-refractivity contribution in [3.8, 4) is 0 Å². The van der Waals surface area contributed by atoms with Gasteiger partial charge < -0.3 is 0 Å². The molecule has 0 aromatic carbocycles. The topological polar surface area (TPSA) is 0 Å². The molecular weight excluding hydrogens is 324 g/mol. The molecule has 0 N–H and O–H groups in total. The largest absolute Gasteiger partial charge is 0.0654 e. The van der Waals surface area contributed by atoms with Gasteiger partial charge in [-0.2, -0.15) is 0 Å². The Morgan fingerprint density at radius 2 is 0.630 bits per heavy atom. The molecule has 0 heteroatoms. The van der Waals surface area contributed by atoms with Crippen molar-refractivity contribution in [1.29, 1.82) is 0 Å². The van der Waals surface area contributed by atoms with Crippen molar-refractivity contribution in [1.82, 2.24) is 0 Å². The minimum absolute atomic E-state index is 0.834. The van der Waals surface area contributed by atoms with Crippen LogP contribution in [0.25, 0.3) is 0 Å². The van der Waals surface area contributed by atoms with E-state index in [1.807, 2.05) is 0 Å². The van der Waals surface area contributed by atoms with Crippen LogP contribution in [0, 0.1) is 5.41 Å². The number of unbranched alkanes of at least 4 members (excludes halogenated alkanes) is 18. The summed E-state index contributed by atoms with van der Waals surface area (Å²) in [6, 6.07) is 0. The fraction of sp³-hybridized carbons (Fsp3) is 1.00. The van der Waals surface area contributed by atoms with Crippen LogP contribution in [-0.4, -0.2) is 0 Å². The normalized spacial score (nSPS) is 15.3. The highest BCUT2D eigenvalue weighted by molar-refractivity contribution is 4.92. The van der Waals surface area contributed by atoms with Crippen molar-refractivity contribution in [3.05, 3.63) is 0 Å². The molecule has 0 radical (unpaired) electrons. The van der Waals surface area contributed by atoms with Crippen LogP contribution in [0.15, 0.2) is 0 Å². The summed E-state index contributed by atoms with van der Waals surface area (Å²) in [4.78, 5) is 0. The average Bonchev–Trinajstić information content (AvgIpc) is 3.45. The number of hydrogen-bond donors (Lipinski definition) is 0. The molecule has 0 aromatic heterocycles. The molecule has 0 bridgehead atoms. The van der Waals surface area contributed by atoms with E-state index < -0.39 is 0 Å². The van der Waals surface area contributed by atoms with Gasteiger partial charge in [0.05, 0.1) is 0 Å². The molecule has 0 spiro atoms. The van der Waals surface area contributed by atoms with E-state index in [0.717, 1.165) is 5.41 Å². The summed E-state index contributed by atoms with van der Waals surface area (Å²) in [5.74, 6) is 0. The van der Waals surface area contributed by atoms with Crippen LogP contribution in [0.4, 0.5) is 0 Å². The number of rotatable bonds is 22. The molecule has 0 unspecified atom stereocenters. The third-order valence-electron chi connectivity index (χ3n) is 7.08.